The molecule has 0 aliphatic carbocycles. The summed E-state index contributed by atoms with van der Waals surface area (Å²) < 4.78 is 0. The van der Waals surface area contributed by atoms with Gasteiger partial charge in [0, 0.05) is 25.6 Å². The van der Waals surface area contributed by atoms with Crippen molar-refractivity contribution in [2.45, 2.75) is 38.3 Å². The number of benzene rings is 1. The molecule has 0 bridgehead atoms. The molecule has 1 aromatic rings. The fraction of sp³-hybridized carbons (Fsp3) is 0.500. The predicted molar refractivity (Wildman–Crippen MR) is 78.0 cm³/mol. The third-order valence-electron chi connectivity index (χ3n) is 4.66. The highest BCUT2D eigenvalue weighted by atomic mass is 16.4. The lowest BCUT2D eigenvalue weighted by molar-refractivity contribution is -0.129. The Morgan fingerprint density at radius 1 is 1.33 bits per heavy atom. The molecular formula is C16H20N2O3. The van der Waals surface area contributed by atoms with E-state index >= 15 is 0 Å². The lowest BCUT2D eigenvalue weighted by Gasteiger charge is -2.38. The van der Waals surface area contributed by atoms with E-state index < -0.39 is 6.09 Å². The molecule has 2 amide bonds. The van der Waals surface area contributed by atoms with Gasteiger partial charge in [0.05, 0.1) is 6.04 Å². The van der Waals surface area contributed by atoms with Gasteiger partial charge in [0.25, 0.3) is 0 Å². The van der Waals surface area contributed by atoms with E-state index in [-0.39, 0.29) is 18.0 Å². The monoisotopic (exact) mass is 288 g/mol. The second kappa shape index (κ2) is 5.39. The molecule has 0 saturated carbocycles. The van der Waals surface area contributed by atoms with Crippen molar-refractivity contribution in [1.82, 2.24) is 9.80 Å². The third kappa shape index (κ3) is 2.48. The van der Waals surface area contributed by atoms with Gasteiger partial charge in [-0.2, -0.15) is 0 Å². The molecule has 1 fully saturated rings. The van der Waals surface area contributed by atoms with Crippen LogP contribution in [-0.2, 0) is 11.2 Å². The number of carbonyl (C=O) groups is 2. The molecular weight excluding hydrogens is 268 g/mol. The molecule has 2 heterocycles. The minimum absolute atomic E-state index is 0.135. The zero-order chi connectivity index (χ0) is 15.0. The van der Waals surface area contributed by atoms with Gasteiger partial charge in [-0.05, 0) is 30.9 Å². The van der Waals surface area contributed by atoms with E-state index in [1.807, 2.05) is 30.0 Å². The molecule has 1 aromatic carbocycles. The smallest absolute Gasteiger partial charge is 0.407 e. The summed E-state index contributed by atoms with van der Waals surface area (Å²) in [4.78, 5) is 26.8. The summed E-state index contributed by atoms with van der Waals surface area (Å²) in [6, 6.07) is 7.90. The van der Waals surface area contributed by atoms with Crippen molar-refractivity contribution in [2.24, 2.45) is 0 Å². The number of carboxylic acid groups (broad SMARTS) is 1. The van der Waals surface area contributed by atoms with Crippen LogP contribution >= 0.6 is 0 Å². The van der Waals surface area contributed by atoms with Crippen LogP contribution in [0.5, 0.6) is 0 Å². The normalized spacial score (nSPS) is 25.1. The molecule has 3 rings (SSSR count). The van der Waals surface area contributed by atoms with Crippen LogP contribution in [0.4, 0.5) is 4.79 Å². The van der Waals surface area contributed by atoms with Gasteiger partial charge in [-0.1, -0.05) is 24.3 Å². The van der Waals surface area contributed by atoms with Gasteiger partial charge in [0.1, 0.15) is 0 Å². The molecule has 112 valence electrons. The van der Waals surface area contributed by atoms with Crippen LogP contribution in [0.25, 0.3) is 0 Å². The SMILES string of the molecule is C[C@@H]1CCC(=O)N1CC1c2ccccc2CCN1C(=O)O. The molecule has 2 atom stereocenters. The first kappa shape index (κ1) is 13.9. The van der Waals surface area contributed by atoms with Crippen molar-refractivity contribution >= 4 is 12.0 Å². The maximum absolute atomic E-state index is 12.0. The fourth-order valence-electron chi connectivity index (χ4n) is 3.42. The summed E-state index contributed by atoms with van der Waals surface area (Å²) in [5, 5.41) is 9.46. The number of fused-ring (bicyclic) bond motifs is 1. The van der Waals surface area contributed by atoms with Gasteiger partial charge < -0.3 is 10.0 Å². The highest BCUT2D eigenvalue weighted by Crippen LogP contribution is 2.32. The lowest BCUT2D eigenvalue weighted by Crippen LogP contribution is -2.46. The van der Waals surface area contributed by atoms with E-state index in [1.54, 1.807) is 0 Å². The molecule has 2 aliphatic heterocycles. The van der Waals surface area contributed by atoms with Crippen molar-refractivity contribution in [2.75, 3.05) is 13.1 Å². The van der Waals surface area contributed by atoms with Crippen LogP contribution in [0.2, 0.25) is 0 Å². The Balaban J connectivity index is 1.92. The first-order valence-electron chi connectivity index (χ1n) is 7.44. The fourth-order valence-corrected chi connectivity index (χ4v) is 3.42. The first-order chi connectivity index (χ1) is 10.1. The molecule has 0 radical (unpaired) electrons. The summed E-state index contributed by atoms with van der Waals surface area (Å²) in [5.41, 5.74) is 2.23. The minimum atomic E-state index is -0.909. The van der Waals surface area contributed by atoms with E-state index in [2.05, 4.69) is 6.07 Å². The second-order valence-electron chi connectivity index (χ2n) is 5.87. The molecule has 5 heteroatoms. The van der Waals surface area contributed by atoms with Crippen molar-refractivity contribution in [3.05, 3.63) is 35.4 Å². The van der Waals surface area contributed by atoms with Crippen LogP contribution in [0.15, 0.2) is 24.3 Å². The summed E-state index contributed by atoms with van der Waals surface area (Å²) in [5.74, 6) is 0.135. The Labute approximate surface area is 124 Å². The number of hydrogen-bond acceptors (Lipinski definition) is 2. The number of rotatable bonds is 2. The maximum atomic E-state index is 12.0. The number of likely N-dealkylation sites (tertiary alicyclic amines) is 1. The van der Waals surface area contributed by atoms with Crippen LogP contribution in [0.1, 0.15) is 36.9 Å². The number of carbonyl (C=O) groups excluding carboxylic acids is 1. The van der Waals surface area contributed by atoms with Gasteiger partial charge in [-0.25, -0.2) is 4.79 Å². The van der Waals surface area contributed by atoms with Gasteiger partial charge in [-0.15, -0.1) is 0 Å². The summed E-state index contributed by atoms with van der Waals surface area (Å²) in [6.07, 6.45) is 1.26. The van der Waals surface area contributed by atoms with E-state index in [0.29, 0.717) is 19.5 Å². The highest BCUT2D eigenvalue weighted by Gasteiger charge is 2.36. The van der Waals surface area contributed by atoms with E-state index in [1.165, 1.54) is 10.5 Å². The molecule has 5 nitrogen and oxygen atoms in total. The maximum Gasteiger partial charge on any atom is 0.407 e. The van der Waals surface area contributed by atoms with Crippen LogP contribution in [0.3, 0.4) is 0 Å². The third-order valence-corrected chi connectivity index (χ3v) is 4.66. The number of nitrogens with zero attached hydrogens (tertiary/aromatic N) is 2. The number of amides is 2. The van der Waals surface area contributed by atoms with Crippen molar-refractivity contribution in [1.29, 1.82) is 0 Å². The highest BCUT2D eigenvalue weighted by molar-refractivity contribution is 5.79. The quantitative estimate of drug-likeness (QED) is 0.908. The van der Waals surface area contributed by atoms with Crippen LogP contribution in [0, 0.1) is 0 Å². The average Bonchev–Trinajstić information content (AvgIpc) is 2.79. The average molecular weight is 288 g/mol. The Morgan fingerprint density at radius 3 is 2.76 bits per heavy atom. The van der Waals surface area contributed by atoms with E-state index in [0.717, 1.165) is 18.4 Å². The standard InChI is InChI=1S/C16H20N2O3/c1-11-6-7-15(19)18(11)10-14-13-5-3-2-4-12(13)8-9-17(14)16(20)21/h2-5,11,14H,6-10H2,1H3,(H,20,21)/t11-,14?/m1/s1. The molecule has 1 unspecified atom stereocenters. The molecule has 21 heavy (non-hydrogen) atoms. The van der Waals surface area contributed by atoms with Crippen molar-refractivity contribution in [3.63, 3.8) is 0 Å². The van der Waals surface area contributed by atoms with Crippen molar-refractivity contribution in [3.8, 4) is 0 Å². The Kier molecular flexibility index (Phi) is 3.57. The first-order valence-corrected chi connectivity index (χ1v) is 7.44. The predicted octanol–water partition coefficient (Wildman–Crippen LogP) is 2.27. The molecule has 2 aliphatic rings. The van der Waals surface area contributed by atoms with Crippen molar-refractivity contribution < 1.29 is 14.7 Å². The van der Waals surface area contributed by atoms with E-state index in [9.17, 15) is 14.7 Å². The summed E-state index contributed by atoms with van der Waals surface area (Å²) >= 11 is 0. The van der Waals surface area contributed by atoms with Gasteiger partial charge >= 0.3 is 6.09 Å². The van der Waals surface area contributed by atoms with Gasteiger partial charge in [0.15, 0.2) is 0 Å². The topological polar surface area (TPSA) is 60.9 Å². The van der Waals surface area contributed by atoms with Gasteiger partial charge in [0.2, 0.25) is 5.91 Å². The zero-order valence-corrected chi connectivity index (χ0v) is 12.2. The molecule has 0 spiro atoms. The Bertz CT molecular complexity index is 572. The molecule has 1 saturated heterocycles. The Morgan fingerprint density at radius 2 is 2.10 bits per heavy atom. The molecule has 1 N–H and O–H groups in total. The minimum Gasteiger partial charge on any atom is -0.465 e. The summed E-state index contributed by atoms with van der Waals surface area (Å²) in [6.45, 7) is 2.99. The lowest BCUT2D eigenvalue weighted by atomic mass is 9.92. The zero-order valence-electron chi connectivity index (χ0n) is 12.2. The molecule has 0 aromatic heterocycles. The Hall–Kier alpha value is -2.04. The van der Waals surface area contributed by atoms with Crippen LogP contribution in [-0.4, -0.2) is 46.0 Å². The number of hydrogen-bond donors (Lipinski definition) is 1. The second-order valence-corrected chi connectivity index (χ2v) is 5.87. The van der Waals surface area contributed by atoms with Gasteiger partial charge in [-0.3, -0.25) is 9.69 Å². The van der Waals surface area contributed by atoms with Crippen LogP contribution < -0.4 is 0 Å². The largest absolute Gasteiger partial charge is 0.465 e. The summed E-state index contributed by atoms with van der Waals surface area (Å²) in [7, 11) is 0. The van der Waals surface area contributed by atoms with E-state index in [4.69, 9.17) is 0 Å².